The molecule has 6 heteroatoms. The van der Waals surface area contributed by atoms with Gasteiger partial charge in [-0.15, -0.1) is 0 Å². The highest BCUT2D eigenvalue weighted by Gasteiger charge is 2.35. The number of fused-ring (bicyclic) bond motifs is 1. The van der Waals surface area contributed by atoms with Crippen molar-refractivity contribution in [2.45, 2.75) is 13.8 Å². The third-order valence-electron chi connectivity index (χ3n) is 4.07. The van der Waals surface area contributed by atoms with Gasteiger partial charge in [0.15, 0.2) is 13.3 Å². The Hall–Kier alpha value is -3.15. The van der Waals surface area contributed by atoms with E-state index in [2.05, 4.69) is 0 Å². The molecule has 1 heterocycles. The number of ether oxygens (including phenoxy) is 2. The summed E-state index contributed by atoms with van der Waals surface area (Å²) in [5, 5.41) is 0. The lowest BCUT2D eigenvalue weighted by Crippen LogP contribution is -2.34. The van der Waals surface area contributed by atoms with Crippen molar-refractivity contribution < 1.29 is 23.9 Å². The molecule has 1 aliphatic rings. The fraction of sp³-hybridized carbons (Fsp3) is 0.211. The maximum Gasteiger partial charge on any atom is 0.345 e. The molecule has 6 nitrogen and oxygen atoms in total. The van der Waals surface area contributed by atoms with Gasteiger partial charge in [-0.2, -0.15) is 0 Å². The molecule has 0 saturated carbocycles. The van der Waals surface area contributed by atoms with E-state index in [1.165, 1.54) is 0 Å². The van der Waals surface area contributed by atoms with E-state index in [9.17, 15) is 14.4 Å². The van der Waals surface area contributed by atoms with E-state index in [0.29, 0.717) is 16.9 Å². The number of rotatable bonds is 5. The van der Waals surface area contributed by atoms with Crippen molar-refractivity contribution in [3.05, 3.63) is 64.7 Å². The van der Waals surface area contributed by atoms with Crippen LogP contribution >= 0.6 is 0 Å². The quantitative estimate of drug-likeness (QED) is 0.618. The van der Waals surface area contributed by atoms with Crippen molar-refractivity contribution in [3.8, 4) is 5.75 Å². The maximum absolute atomic E-state index is 12.2. The maximum atomic E-state index is 12.2. The Kier molecular flexibility index (Phi) is 4.52. The molecule has 0 N–H and O–H groups in total. The third kappa shape index (κ3) is 3.38. The normalized spacial score (nSPS) is 13.0. The van der Waals surface area contributed by atoms with Gasteiger partial charge in [0.2, 0.25) is 0 Å². The van der Waals surface area contributed by atoms with Crippen LogP contribution in [0.15, 0.2) is 42.5 Å². The number of benzene rings is 2. The van der Waals surface area contributed by atoms with Gasteiger partial charge in [-0.25, -0.2) is 9.69 Å². The molecule has 0 spiro atoms. The van der Waals surface area contributed by atoms with Crippen LogP contribution in [-0.4, -0.2) is 36.0 Å². The minimum Gasteiger partial charge on any atom is -0.482 e. The highest BCUT2D eigenvalue weighted by molar-refractivity contribution is 6.21. The molecule has 3 rings (SSSR count). The van der Waals surface area contributed by atoms with Crippen molar-refractivity contribution in [2.75, 3.05) is 13.3 Å². The van der Waals surface area contributed by atoms with Crippen LogP contribution in [0.3, 0.4) is 0 Å². The first-order valence-electron chi connectivity index (χ1n) is 7.78. The molecule has 0 aliphatic carbocycles. The molecule has 0 saturated heterocycles. The van der Waals surface area contributed by atoms with E-state index in [0.717, 1.165) is 16.0 Å². The molecule has 128 valence electrons. The minimum absolute atomic E-state index is 0.300. The molecular weight excluding hydrogens is 322 g/mol. The number of nitrogens with zero attached hydrogens (tertiary/aromatic N) is 1. The van der Waals surface area contributed by atoms with Crippen LogP contribution in [0.1, 0.15) is 31.8 Å². The third-order valence-corrected chi connectivity index (χ3v) is 4.07. The summed E-state index contributed by atoms with van der Waals surface area (Å²) in [5.74, 6) is -1.04. The number of aryl methyl sites for hydroxylation is 2. The summed E-state index contributed by atoms with van der Waals surface area (Å²) in [4.78, 5) is 37.0. The number of amides is 2. The van der Waals surface area contributed by atoms with Crippen LogP contribution in [0, 0.1) is 13.8 Å². The van der Waals surface area contributed by atoms with Gasteiger partial charge in [-0.3, -0.25) is 9.59 Å². The zero-order valence-electron chi connectivity index (χ0n) is 13.9. The second-order valence-electron chi connectivity index (χ2n) is 5.76. The Morgan fingerprint density at radius 2 is 1.60 bits per heavy atom. The summed E-state index contributed by atoms with van der Waals surface area (Å²) in [5.41, 5.74) is 2.81. The zero-order chi connectivity index (χ0) is 18.0. The van der Waals surface area contributed by atoms with E-state index in [-0.39, 0.29) is 6.61 Å². The molecule has 0 unspecified atom stereocenters. The molecule has 0 radical (unpaired) electrons. The van der Waals surface area contributed by atoms with Gasteiger partial charge in [-0.05, 0) is 49.2 Å². The average Bonchev–Trinajstić information content (AvgIpc) is 2.85. The van der Waals surface area contributed by atoms with Gasteiger partial charge in [0.05, 0.1) is 11.1 Å². The van der Waals surface area contributed by atoms with Crippen LogP contribution in [0.25, 0.3) is 0 Å². The van der Waals surface area contributed by atoms with Crippen molar-refractivity contribution in [2.24, 2.45) is 0 Å². The lowest BCUT2D eigenvalue weighted by atomic mass is 10.1. The number of carbonyl (C=O) groups is 3. The molecule has 2 aromatic carbocycles. The first-order chi connectivity index (χ1) is 12.0. The first kappa shape index (κ1) is 16.7. The average molecular weight is 339 g/mol. The summed E-state index contributed by atoms with van der Waals surface area (Å²) in [6.45, 7) is 3.20. The zero-order valence-corrected chi connectivity index (χ0v) is 13.9. The van der Waals surface area contributed by atoms with Crippen LogP contribution in [-0.2, 0) is 9.53 Å². The van der Waals surface area contributed by atoms with E-state index in [1.54, 1.807) is 30.3 Å². The van der Waals surface area contributed by atoms with Crippen LogP contribution in [0.2, 0.25) is 0 Å². The van der Waals surface area contributed by atoms with Crippen molar-refractivity contribution in [3.63, 3.8) is 0 Å². The monoisotopic (exact) mass is 339 g/mol. The Labute approximate surface area is 145 Å². The molecular formula is C19H17NO5. The topological polar surface area (TPSA) is 72.9 Å². The molecule has 0 aromatic heterocycles. The minimum atomic E-state index is -0.658. The van der Waals surface area contributed by atoms with Gasteiger partial charge < -0.3 is 9.47 Å². The number of hydrogen-bond donors (Lipinski definition) is 0. The van der Waals surface area contributed by atoms with E-state index in [4.69, 9.17) is 9.47 Å². The van der Waals surface area contributed by atoms with Gasteiger partial charge in [0, 0.05) is 0 Å². The molecule has 1 aliphatic heterocycles. The largest absolute Gasteiger partial charge is 0.482 e. The first-order valence-corrected chi connectivity index (χ1v) is 7.78. The standard InChI is InChI=1S/C19H17NO5/c1-12-7-8-14(9-13(12)2)24-10-17(21)25-11-20-18(22)15-5-3-4-6-16(15)19(20)23/h3-9H,10-11H2,1-2H3. The van der Waals surface area contributed by atoms with E-state index < -0.39 is 24.5 Å². The molecule has 2 aromatic rings. The second kappa shape index (κ2) is 6.76. The fourth-order valence-electron chi connectivity index (χ4n) is 2.48. The highest BCUT2D eigenvalue weighted by atomic mass is 16.6. The molecule has 25 heavy (non-hydrogen) atoms. The van der Waals surface area contributed by atoms with Crippen LogP contribution < -0.4 is 4.74 Å². The van der Waals surface area contributed by atoms with Crippen LogP contribution in [0.4, 0.5) is 0 Å². The number of hydrogen-bond acceptors (Lipinski definition) is 5. The van der Waals surface area contributed by atoms with Gasteiger partial charge >= 0.3 is 5.97 Å². The number of carbonyl (C=O) groups excluding carboxylic acids is 3. The van der Waals surface area contributed by atoms with Gasteiger partial charge in [0.25, 0.3) is 11.8 Å². The second-order valence-corrected chi connectivity index (χ2v) is 5.76. The van der Waals surface area contributed by atoms with Crippen molar-refractivity contribution >= 4 is 17.8 Å². The molecule has 2 amide bonds. The number of imide groups is 1. The number of esters is 1. The Morgan fingerprint density at radius 3 is 2.20 bits per heavy atom. The highest BCUT2D eigenvalue weighted by Crippen LogP contribution is 2.22. The summed E-state index contributed by atoms with van der Waals surface area (Å²) in [7, 11) is 0. The Balaban J connectivity index is 1.54. The molecule has 0 atom stereocenters. The van der Waals surface area contributed by atoms with Crippen molar-refractivity contribution in [1.82, 2.24) is 4.90 Å². The van der Waals surface area contributed by atoms with E-state index in [1.807, 2.05) is 26.0 Å². The predicted molar refractivity (Wildman–Crippen MR) is 89.3 cm³/mol. The lowest BCUT2D eigenvalue weighted by Gasteiger charge is -2.14. The Morgan fingerprint density at radius 1 is 0.960 bits per heavy atom. The molecule has 0 fully saturated rings. The van der Waals surface area contributed by atoms with Crippen molar-refractivity contribution in [1.29, 1.82) is 0 Å². The van der Waals surface area contributed by atoms with Gasteiger partial charge in [0.1, 0.15) is 5.75 Å². The lowest BCUT2D eigenvalue weighted by molar-refractivity contribution is -0.148. The predicted octanol–water partition coefficient (Wildman–Crippen LogP) is 2.48. The van der Waals surface area contributed by atoms with Crippen LogP contribution in [0.5, 0.6) is 5.75 Å². The summed E-state index contributed by atoms with van der Waals surface area (Å²) in [6.07, 6.45) is 0. The Bertz CT molecular complexity index is 824. The summed E-state index contributed by atoms with van der Waals surface area (Å²) in [6, 6.07) is 12.0. The molecule has 0 bridgehead atoms. The fourth-order valence-corrected chi connectivity index (χ4v) is 2.48. The SMILES string of the molecule is Cc1ccc(OCC(=O)OCN2C(=O)c3ccccc3C2=O)cc1C. The summed E-state index contributed by atoms with van der Waals surface area (Å²) >= 11 is 0. The van der Waals surface area contributed by atoms with Gasteiger partial charge in [-0.1, -0.05) is 18.2 Å². The van der Waals surface area contributed by atoms with E-state index >= 15 is 0 Å². The smallest absolute Gasteiger partial charge is 0.345 e. The summed E-state index contributed by atoms with van der Waals surface area (Å²) < 4.78 is 10.4.